The van der Waals surface area contributed by atoms with E-state index in [0.29, 0.717) is 0 Å². The molecule has 6 aromatic rings. The molecule has 2 nitrogen and oxygen atoms in total. The zero-order valence-corrected chi connectivity index (χ0v) is 20.8. The van der Waals surface area contributed by atoms with Crippen molar-refractivity contribution < 1.29 is 9.47 Å². The third-order valence-corrected chi connectivity index (χ3v) is 6.41. The van der Waals surface area contributed by atoms with Crippen molar-refractivity contribution in [3.05, 3.63) is 158 Å². The molecular weight excluding hydrogens is 464 g/mol. The zero-order chi connectivity index (χ0) is 25.6. The van der Waals surface area contributed by atoms with Gasteiger partial charge in [-0.15, -0.1) is 0 Å². The fraction of sp³-hybridized carbons (Fsp3) is 0. The van der Waals surface area contributed by atoms with Crippen LogP contribution in [0.2, 0.25) is 0 Å². The Morgan fingerprint density at radius 2 is 0.632 bits per heavy atom. The fourth-order valence-corrected chi connectivity index (χ4v) is 4.51. The van der Waals surface area contributed by atoms with Crippen molar-refractivity contribution >= 4 is 0 Å². The van der Waals surface area contributed by atoms with Gasteiger partial charge in [-0.25, -0.2) is 0 Å². The van der Waals surface area contributed by atoms with Gasteiger partial charge < -0.3 is 9.47 Å². The summed E-state index contributed by atoms with van der Waals surface area (Å²) in [6.07, 6.45) is 0. The molecule has 0 aromatic heterocycles. The van der Waals surface area contributed by atoms with Crippen LogP contribution >= 0.6 is 0 Å². The molecule has 0 N–H and O–H groups in total. The van der Waals surface area contributed by atoms with E-state index in [4.69, 9.17) is 9.47 Å². The van der Waals surface area contributed by atoms with Gasteiger partial charge >= 0.3 is 0 Å². The summed E-state index contributed by atoms with van der Waals surface area (Å²) in [7, 11) is 0. The Bertz CT molecular complexity index is 1500. The predicted octanol–water partition coefficient (Wildman–Crippen LogP) is 10.3. The van der Waals surface area contributed by atoms with E-state index in [-0.39, 0.29) is 0 Å². The van der Waals surface area contributed by atoms with Crippen LogP contribution in [0.5, 0.6) is 23.0 Å². The molecule has 0 amide bonds. The van der Waals surface area contributed by atoms with Crippen molar-refractivity contribution in [2.45, 2.75) is 0 Å². The quantitative estimate of drug-likeness (QED) is 0.222. The Morgan fingerprint density at radius 3 is 1.00 bits per heavy atom. The van der Waals surface area contributed by atoms with Gasteiger partial charge in [0, 0.05) is 11.1 Å². The van der Waals surface area contributed by atoms with Crippen molar-refractivity contribution in [1.29, 1.82) is 0 Å². The molecule has 0 heterocycles. The SMILES string of the molecule is c1ccc(Oc2cc(-c3ccccc3)ccc2-c2ccc(-c3ccccc3)cc2Oc2ccccc2)cc1. The highest BCUT2D eigenvalue weighted by Crippen LogP contribution is 2.43. The summed E-state index contributed by atoms with van der Waals surface area (Å²) < 4.78 is 13.0. The molecule has 6 rings (SSSR count). The van der Waals surface area contributed by atoms with Gasteiger partial charge in [0.25, 0.3) is 0 Å². The highest BCUT2D eigenvalue weighted by Gasteiger charge is 2.16. The Hall–Kier alpha value is -5.08. The van der Waals surface area contributed by atoms with Gasteiger partial charge in [0.05, 0.1) is 0 Å². The second-order valence-electron chi connectivity index (χ2n) is 8.98. The van der Waals surface area contributed by atoms with Gasteiger partial charge in [-0.2, -0.15) is 0 Å². The summed E-state index contributed by atoms with van der Waals surface area (Å²) in [4.78, 5) is 0. The lowest BCUT2D eigenvalue weighted by Gasteiger charge is -2.18. The van der Waals surface area contributed by atoms with Crippen LogP contribution < -0.4 is 9.47 Å². The standard InChI is InChI=1S/C36H26O2/c1-5-13-27(14-6-1)29-21-23-33(35(25-29)37-31-17-9-3-10-18-31)34-24-22-30(28-15-7-2-8-16-28)26-36(34)38-32-19-11-4-12-20-32/h1-26H. The van der Waals surface area contributed by atoms with Crippen molar-refractivity contribution in [1.82, 2.24) is 0 Å². The first-order valence-electron chi connectivity index (χ1n) is 12.7. The lowest BCUT2D eigenvalue weighted by atomic mass is 9.96. The highest BCUT2D eigenvalue weighted by atomic mass is 16.5. The number of ether oxygens (including phenoxy) is 2. The second-order valence-corrected chi connectivity index (χ2v) is 8.98. The Balaban J connectivity index is 1.50. The maximum atomic E-state index is 6.49. The van der Waals surface area contributed by atoms with E-state index in [9.17, 15) is 0 Å². The topological polar surface area (TPSA) is 18.5 Å². The summed E-state index contributed by atoms with van der Waals surface area (Å²) in [5, 5.41) is 0. The monoisotopic (exact) mass is 490 g/mol. The maximum Gasteiger partial charge on any atom is 0.136 e. The van der Waals surface area contributed by atoms with Crippen LogP contribution in [0.1, 0.15) is 0 Å². The molecule has 0 aliphatic heterocycles. The summed E-state index contributed by atoms with van der Waals surface area (Å²) >= 11 is 0. The van der Waals surface area contributed by atoms with Gasteiger partial charge in [-0.05, 0) is 70.8 Å². The third-order valence-electron chi connectivity index (χ3n) is 6.41. The molecule has 0 saturated heterocycles. The van der Waals surface area contributed by atoms with Crippen molar-refractivity contribution in [2.75, 3.05) is 0 Å². The molecule has 0 unspecified atom stereocenters. The first-order valence-corrected chi connectivity index (χ1v) is 12.7. The molecule has 38 heavy (non-hydrogen) atoms. The lowest BCUT2D eigenvalue weighted by molar-refractivity contribution is 0.477. The molecule has 0 bridgehead atoms. The van der Waals surface area contributed by atoms with Crippen molar-refractivity contribution in [3.63, 3.8) is 0 Å². The summed E-state index contributed by atoms with van der Waals surface area (Å²) in [5.74, 6) is 3.10. The van der Waals surface area contributed by atoms with Crippen LogP contribution in [0.25, 0.3) is 33.4 Å². The third kappa shape index (κ3) is 5.21. The molecule has 0 aliphatic rings. The maximum absolute atomic E-state index is 6.49. The molecule has 0 atom stereocenters. The molecule has 0 spiro atoms. The number of para-hydroxylation sites is 2. The smallest absolute Gasteiger partial charge is 0.136 e. The van der Waals surface area contributed by atoms with Crippen LogP contribution in [-0.2, 0) is 0 Å². The normalized spacial score (nSPS) is 10.6. The predicted molar refractivity (Wildman–Crippen MR) is 156 cm³/mol. The van der Waals surface area contributed by atoms with Gasteiger partial charge in [-0.3, -0.25) is 0 Å². The molecule has 6 aromatic carbocycles. The van der Waals surface area contributed by atoms with E-state index >= 15 is 0 Å². The Labute approximate surface area is 223 Å². The van der Waals surface area contributed by atoms with E-state index in [0.717, 1.165) is 56.4 Å². The molecular formula is C36H26O2. The summed E-state index contributed by atoms with van der Waals surface area (Å²) in [6, 6.07) is 53.2. The molecule has 182 valence electrons. The average molecular weight is 491 g/mol. The summed E-state index contributed by atoms with van der Waals surface area (Å²) in [5.41, 5.74) is 6.37. The van der Waals surface area contributed by atoms with E-state index in [1.54, 1.807) is 0 Å². The van der Waals surface area contributed by atoms with E-state index < -0.39 is 0 Å². The minimum Gasteiger partial charge on any atom is -0.457 e. The van der Waals surface area contributed by atoms with E-state index in [2.05, 4.69) is 84.9 Å². The molecule has 0 saturated carbocycles. The fourth-order valence-electron chi connectivity index (χ4n) is 4.51. The summed E-state index contributed by atoms with van der Waals surface area (Å²) in [6.45, 7) is 0. The van der Waals surface area contributed by atoms with Crippen LogP contribution in [0, 0.1) is 0 Å². The van der Waals surface area contributed by atoms with Crippen molar-refractivity contribution in [3.8, 4) is 56.4 Å². The number of rotatable bonds is 7. The Kier molecular flexibility index (Phi) is 6.69. The molecule has 0 fully saturated rings. The first kappa shape index (κ1) is 23.3. The minimum absolute atomic E-state index is 0.767. The van der Waals surface area contributed by atoms with Crippen LogP contribution in [0.15, 0.2) is 158 Å². The van der Waals surface area contributed by atoms with Crippen molar-refractivity contribution in [2.24, 2.45) is 0 Å². The molecule has 0 aliphatic carbocycles. The van der Waals surface area contributed by atoms with Gasteiger partial charge in [0.15, 0.2) is 0 Å². The average Bonchev–Trinajstić information content (AvgIpc) is 2.99. The van der Waals surface area contributed by atoms with Gasteiger partial charge in [0.1, 0.15) is 23.0 Å². The van der Waals surface area contributed by atoms with E-state index in [1.165, 1.54) is 0 Å². The van der Waals surface area contributed by atoms with Crippen LogP contribution in [0.3, 0.4) is 0 Å². The molecule has 2 heteroatoms. The Morgan fingerprint density at radius 1 is 0.289 bits per heavy atom. The van der Waals surface area contributed by atoms with E-state index in [1.807, 2.05) is 72.8 Å². The zero-order valence-electron chi connectivity index (χ0n) is 20.8. The number of benzene rings is 6. The second kappa shape index (κ2) is 10.9. The largest absolute Gasteiger partial charge is 0.457 e. The highest BCUT2D eigenvalue weighted by molar-refractivity contribution is 5.82. The number of hydrogen-bond donors (Lipinski definition) is 0. The number of hydrogen-bond acceptors (Lipinski definition) is 2. The lowest BCUT2D eigenvalue weighted by Crippen LogP contribution is -1.94. The molecule has 0 radical (unpaired) electrons. The van der Waals surface area contributed by atoms with Crippen LogP contribution in [0.4, 0.5) is 0 Å². The van der Waals surface area contributed by atoms with Gasteiger partial charge in [0.2, 0.25) is 0 Å². The first-order chi connectivity index (χ1) is 18.8. The minimum atomic E-state index is 0.767. The van der Waals surface area contributed by atoms with Gasteiger partial charge in [-0.1, -0.05) is 109 Å². The van der Waals surface area contributed by atoms with Crippen LogP contribution in [-0.4, -0.2) is 0 Å².